The zero-order chi connectivity index (χ0) is 29.0. The summed E-state index contributed by atoms with van der Waals surface area (Å²) in [4.78, 5) is 22.3. The van der Waals surface area contributed by atoms with Gasteiger partial charge < -0.3 is 14.6 Å². The SMILES string of the molecule is C=C(CO)C(=O)OCCCC(CCCC1CCC(CCCc2ccc(CCCCC)c(CC)c2)CC1)COC=O. The third-order valence-electron chi connectivity index (χ3n) is 8.84. The van der Waals surface area contributed by atoms with Crippen LogP contribution in [0.3, 0.4) is 0 Å². The van der Waals surface area contributed by atoms with Gasteiger partial charge in [-0.15, -0.1) is 0 Å². The number of carbonyl (C=O) groups excluding carboxylic acids is 2. The van der Waals surface area contributed by atoms with Gasteiger partial charge in [0, 0.05) is 0 Å². The average Bonchev–Trinajstić information content (AvgIpc) is 2.98. The predicted octanol–water partition coefficient (Wildman–Crippen LogP) is 7.94. The van der Waals surface area contributed by atoms with E-state index in [2.05, 4.69) is 38.6 Å². The number of aliphatic hydroxyl groups excluding tert-OH is 1. The van der Waals surface area contributed by atoms with Gasteiger partial charge in [0.05, 0.1) is 25.4 Å². The molecule has 0 spiro atoms. The molecule has 0 aromatic heterocycles. The Kier molecular flexibility index (Phi) is 17.6. The van der Waals surface area contributed by atoms with Crippen molar-refractivity contribution in [1.82, 2.24) is 0 Å². The number of benzene rings is 1. The highest BCUT2D eigenvalue weighted by atomic mass is 16.5. The third kappa shape index (κ3) is 13.5. The van der Waals surface area contributed by atoms with Crippen LogP contribution in [-0.4, -0.2) is 37.4 Å². The lowest BCUT2D eigenvalue weighted by molar-refractivity contribution is -0.139. The molecule has 0 aliphatic heterocycles. The van der Waals surface area contributed by atoms with Gasteiger partial charge in [-0.3, -0.25) is 4.79 Å². The lowest BCUT2D eigenvalue weighted by Crippen LogP contribution is -2.16. The van der Waals surface area contributed by atoms with Gasteiger partial charge >= 0.3 is 5.97 Å². The highest BCUT2D eigenvalue weighted by Crippen LogP contribution is 2.35. The quantitative estimate of drug-likeness (QED) is 0.0679. The number of ether oxygens (including phenoxy) is 2. The Hall–Kier alpha value is -2.14. The molecule has 1 unspecified atom stereocenters. The predicted molar refractivity (Wildman–Crippen MR) is 163 cm³/mol. The summed E-state index contributed by atoms with van der Waals surface area (Å²) < 4.78 is 10.2. The first-order chi connectivity index (χ1) is 19.5. The summed E-state index contributed by atoms with van der Waals surface area (Å²) in [7, 11) is 0. The average molecular weight is 557 g/mol. The van der Waals surface area contributed by atoms with Gasteiger partial charge in [-0.2, -0.15) is 0 Å². The number of carbonyl (C=O) groups is 2. The molecule has 1 saturated carbocycles. The minimum absolute atomic E-state index is 0.0731. The molecule has 5 heteroatoms. The van der Waals surface area contributed by atoms with Gasteiger partial charge in [-0.1, -0.05) is 96.4 Å². The molecule has 226 valence electrons. The summed E-state index contributed by atoms with van der Waals surface area (Å²) in [5.74, 6) is 1.45. The molecule has 1 aromatic carbocycles. The van der Waals surface area contributed by atoms with Crippen LogP contribution in [0.4, 0.5) is 0 Å². The lowest BCUT2D eigenvalue weighted by Gasteiger charge is -2.29. The molecule has 1 N–H and O–H groups in total. The maximum atomic E-state index is 11.6. The molecule has 0 amide bonds. The maximum absolute atomic E-state index is 11.6. The molecule has 0 radical (unpaired) electrons. The molecule has 1 aromatic rings. The molecule has 2 rings (SSSR count). The highest BCUT2D eigenvalue weighted by Gasteiger charge is 2.21. The van der Waals surface area contributed by atoms with Crippen molar-refractivity contribution in [3.8, 4) is 0 Å². The third-order valence-corrected chi connectivity index (χ3v) is 8.84. The zero-order valence-electron chi connectivity index (χ0n) is 25.5. The van der Waals surface area contributed by atoms with Gasteiger partial charge in [0.2, 0.25) is 0 Å². The number of unbranched alkanes of at least 4 members (excludes halogenated alkanes) is 2. The minimum Gasteiger partial charge on any atom is -0.468 e. The Morgan fingerprint density at radius 1 is 0.975 bits per heavy atom. The van der Waals surface area contributed by atoms with Crippen molar-refractivity contribution in [2.45, 2.75) is 123 Å². The smallest absolute Gasteiger partial charge is 0.335 e. The molecular formula is C35H56O5. The minimum atomic E-state index is -0.545. The number of esters is 1. The van der Waals surface area contributed by atoms with Crippen LogP contribution in [0.1, 0.15) is 120 Å². The summed E-state index contributed by atoms with van der Waals surface area (Å²) in [6, 6.07) is 7.26. The maximum Gasteiger partial charge on any atom is 0.335 e. The number of aryl methyl sites for hydroxylation is 3. The van der Waals surface area contributed by atoms with Crippen molar-refractivity contribution in [3.05, 3.63) is 47.0 Å². The molecule has 0 saturated heterocycles. The standard InChI is InChI=1S/C35H56O5/c1-4-6-7-16-34-22-21-31(24-33(34)5-2)13-8-11-29-17-19-30(20-18-29)12-9-14-32(26-39-27-37)15-10-23-40-35(38)28(3)25-36/h21-22,24,27,29-30,32,36H,3-20,23,25-26H2,1-2H3. The summed E-state index contributed by atoms with van der Waals surface area (Å²) in [5.41, 5.74) is 4.71. The molecule has 1 aliphatic carbocycles. The van der Waals surface area contributed by atoms with E-state index in [4.69, 9.17) is 14.6 Å². The largest absolute Gasteiger partial charge is 0.468 e. The van der Waals surface area contributed by atoms with Crippen LogP contribution in [0.5, 0.6) is 0 Å². The highest BCUT2D eigenvalue weighted by molar-refractivity contribution is 5.87. The van der Waals surface area contributed by atoms with E-state index in [0.29, 0.717) is 32.0 Å². The van der Waals surface area contributed by atoms with E-state index in [1.54, 1.807) is 11.1 Å². The second-order valence-corrected chi connectivity index (χ2v) is 12.0. The molecular weight excluding hydrogens is 500 g/mol. The van der Waals surface area contributed by atoms with Crippen LogP contribution in [0.2, 0.25) is 0 Å². The normalized spacial score (nSPS) is 17.8. The van der Waals surface area contributed by atoms with E-state index in [9.17, 15) is 9.59 Å². The van der Waals surface area contributed by atoms with Crippen molar-refractivity contribution in [3.63, 3.8) is 0 Å². The first-order valence-corrected chi connectivity index (χ1v) is 16.1. The second-order valence-electron chi connectivity index (χ2n) is 12.0. The molecule has 1 atom stereocenters. The van der Waals surface area contributed by atoms with E-state index in [1.165, 1.54) is 82.6 Å². The number of hydrogen-bond donors (Lipinski definition) is 1. The molecule has 1 fully saturated rings. The van der Waals surface area contributed by atoms with Crippen LogP contribution < -0.4 is 0 Å². The van der Waals surface area contributed by atoms with Crippen LogP contribution in [0.15, 0.2) is 30.4 Å². The molecule has 0 heterocycles. The molecule has 5 nitrogen and oxygen atoms in total. The van der Waals surface area contributed by atoms with Gasteiger partial charge in [-0.05, 0) is 85.8 Å². The van der Waals surface area contributed by atoms with Crippen molar-refractivity contribution in [1.29, 1.82) is 0 Å². The fourth-order valence-corrected chi connectivity index (χ4v) is 6.26. The summed E-state index contributed by atoms with van der Waals surface area (Å²) in [5, 5.41) is 8.95. The topological polar surface area (TPSA) is 72.8 Å². The van der Waals surface area contributed by atoms with E-state index in [1.807, 2.05) is 0 Å². The Morgan fingerprint density at radius 2 is 1.68 bits per heavy atom. The van der Waals surface area contributed by atoms with Gasteiger partial charge in [0.15, 0.2) is 0 Å². The van der Waals surface area contributed by atoms with Crippen LogP contribution >= 0.6 is 0 Å². The van der Waals surface area contributed by atoms with Gasteiger partial charge in [-0.25, -0.2) is 4.79 Å². The number of rotatable bonds is 22. The van der Waals surface area contributed by atoms with E-state index >= 15 is 0 Å². The van der Waals surface area contributed by atoms with Crippen LogP contribution in [-0.2, 0) is 38.3 Å². The van der Waals surface area contributed by atoms with Gasteiger partial charge in [0.1, 0.15) is 0 Å². The first kappa shape index (κ1) is 34.1. The Morgan fingerprint density at radius 3 is 2.33 bits per heavy atom. The summed E-state index contributed by atoms with van der Waals surface area (Å²) in [6.45, 7) is 8.90. The molecule has 1 aliphatic rings. The Bertz CT molecular complexity index is 855. The monoisotopic (exact) mass is 556 g/mol. The van der Waals surface area contributed by atoms with E-state index < -0.39 is 5.97 Å². The second kappa shape index (κ2) is 20.7. The van der Waals surface area contributed by atoms with Crippen molar-refractivity contribution in [2.24, 2.45) is 17.8 Å². The molecule has 40 heavy (non-hydrogen) atoms. The fourth-order valence-electron chi connectivity index (χ4n) is 6.26. The number of aliphatic hydroxyl groups is 1. The van der Waals surface area contributed by atoms with Crippen molar-refractivity contribution in [2.75, 3.05) is 19.8 Å². The Balaban J connectivity index is 1.62. The lowest BCUT2D eigenvalue weighted by atomic mass is 9.77. The summed E-state index contributed by atoms with van der Waals surface area (Å²) >= 11 is 0. The van der Waals surface area contributed by atoms with Crippen LogP contribution in [0.25, 0.3) is 0 Å². The number of hydrogen-bond acceptors (Lipinski definition) is 5. The molecule has 0 bridgehead atoms. The zero-order valence-corrected chi connectivity index (χ0v) is 25.5. The first-order valence-electron chi connectivity index (χ1n) is 16.1. The summed E-state index contributed by atoms with van der Waals surface area (Å²) in [6.07, 6.45) is 20.6. The van der Waals surface area contributed by atoms with Crippen molar-refractivity contribution < 1.29 is 24.2 Å². The van der Waals surface area contributed by atoms with E-state index in [-0.39, 0.29) is 12.2 Å². The Labute approximate surface area is 244 Å². The fraction of sp³-hybridized carbons (Fsp3) is 0.714. The van der Waals surface area contributed by atoms with Gasteiger partial charge in [0.25, 0.3) is 6.47 Å². The van der Waals surface area contributed by atoms with Crippen LogP contribution in [0, 0.1) is 17.8 Å². The van der Waals surface area contributed by atoms with E-state index in [0.717, 1.165) is 37.5 Å². The van der Waals surface area contributed by atoms with Crippen molar-refractivity contribution >= 4 is 12.4 Å².